The smallest absolute Gasteiger partial charge is 0.191 e. The Kier molecular flexibility index (Phi) is 10.5. The van der Waals surface area contributed by atoms with E-state index < -0.39 is 5.60 Å². The Bertz CT molecular complexity index is 370. The van der Waals surface area contributed by atoms with Gasteiger partial charge in [0.25, 0.3) is 0 Å². The minimum Gasteiger partial charge on any atom is -0.387 e. The van der Waals surface area contributed by atoms with Gasteiger partial charge in [0.05, 0.1) is 25.4 Å². The van der Waals surface area contributed by atoms with Gasteiger partial charge >= 0.3 is 0 Å². The number of guanidine groups is 1. The fourth-order valence-corrected chi connectivity index (χ4v) is 2.89. The molecule has 0 radical (unpaired) electrons. The number of aliphatic hydroxyl groups is 1. The largest absolute Gasteiger partial charge is 0.387 e. The molecule has 2 fully saturated rings. The van der Waals surface area contributed by atoms with Crippen molar-refractivity contribution in [3.05, 3.63) is 0 Å². The van der Waals surface area contributed by atoms with E-state index in [-0.39, 0.29) is 24.0 Å². The first-order chi connectivity index (χ1) is 11.1. The Morgan fingerprint density at radius 2 is 2.00 bits per heavy atom. The van der Waals surface area contributed by atoms with E-state index >= 15 is 0 Å². The van der Waals surface area contributed by atoms with Gasteiger partial charge < -0.3 is 20.5 Å². The van der Waals surface area contributed by atoms with Crippen molar-refractivity contribution in [1.29, 1.82) is 0 Å². The number of rotatable bonds is 9. The molecule has 0 aromatic rings. The third kappa shape index (κ3) is 9.39. The highest BCUT2D eigenvalue weighted by molar-refractivity contribution is 14.0. The number of nitrogens with zero attached hydrogens (tertiary/aromatic N) is 2. The van der Waals surface area contributed by atoms with Gasteiger partial charge in [0, 0.05) is 32.7 Å². The van der Waals surface area contributed by atoms with Crippen molar-refractivity contribution in [1.82, 2.24) is 15.5 Å². The van der Waals surface area contributed by atoms with Crippen LogP contribution in [0.25, 0.3) is 0 Å². The summed E-state index contributed by atoms with van der Waals surface area (Å²) < 4.78 is 5.35. The van der Waals surface area contributed by atoms with Crippen LogP contribution in [0.2, 0.25) is 0 Å². The van der Waals surface area contributed by atoms with Gasteiger partial charge in [0.15, 0.2) is 5.96 Å². The van der Waals surface area contributed by atoms with E-state index in [0.717, 1.165) is 51.3 Å². The van der Waals surface area contributed by atoms with Gasteiger partial charge in [-0.05, 0) is 32.6 Å². The standard InChI is InChI=1S/C17H34N4O2.HI/c1-3-18-16(19-8-4-5-15-6-7-15)20-13-17(2,22)14-21-9-11-23-12-10-21;/h15,22H,3-14H2,1-2H3,(H2,18,19,20);1H. The van der Waals surface area contributed by atoms with Crippen LogP contribution in [-0.4, -0.2) is 74.0 Å². The van der Waals surface area contributed by atoms with Gasteiger partial charge in [0.1, 0.15) is 0 Å². The summed E-state index contributed by atoms with van der Waals surface area (Å²) in [5.74, 6) is 1.79. The minimum atomic E-state index is -0.812. The van der Waals surface area contributed by atoms with Crippen LogP contribution in [0.15, 0.2) is 4.99 Å². The summed E-state index contributed by atoms with van der Waals surface area (Å²) in [7, 11) is 0. The third-order valence-electron chi connectivity index (χ3n) is 4.37. The molecule has 1 heterocycles. The summed E-state index contributed by atoms with van der Waals surface area (Å²) in [6.07, 6.45) is 5.34. The predicted octanol–water partition coefficient (Wildman–Crippen LogP) is 1.43. The number of ether oxygens (including phenoxy) is 1. The summed E-state index contributed by atoms with van der Waals surface area (Å²) in [4.78, 5) is 6.81. The number of aliphatic imine (C=N–C) groups is 1. The summed E-state index contributed by atoms with van der Waals surface area (Å²) in [5.41, 5.74) is -0.812. The molecule has 1 aliphatic carbocycles. The predicted molar refractivity (Wildman–Crippen MR) is 109 cm³/mol. The molecular weight excluding hydrogens is 419 g/mol. The van der Waals surface area contributed by atoms with E-state index in [1.54, 1.807) is 0 Å². The van der Waals surface area contributed by atoms with Gasteiger partial charge in [-0.1, -0.05) is 12.8 Å². The Morgan fingerprint density at radius 1 is 1.29 bits per heavy atom. The zero-order chi connectivity index (χ0) is 16.5. The number of halogens is 1. The molecule has 2 aliphatic rings. The molecule has 142 valence electrons. The highest BCUT2D eigenvalue weighted by Crippen LogP contribution is 2.33. The molecule has 1 aliphatic heterocycles. The molecule has 0 aromatic heterocycles. The van der Waals surface area contributed by atoms with Crippen molar-refractivity contribution in [2.75, 3.05) is 52.5 Å². The number of β-amino-alcohol motifs (C(OH)–C–C–N with tert-alkyl or cyclic N) is 1. The highest BCUT2D eigenvalue weighted by Gasteiger charge is 2.25. The Labute approximate surface area is 163 Å². The average Bonchev–Trinajstić information content (AvgIpc) is 3.34. The highest BCUT2D eigenvalue weighted by atomic mass is 127. The first-order valence-corrected chi connectivity index (χ1v) is 9.14. The fraction of sp³-hybridized carbons (Fsp3) is 0.941. The van der Waals surface area contributed by atoms with Crippen LogP contribution in [-0.2, 0) is 4.74 Å². The molecule has 7 heteroatoms. The molecule has 0 amide bonds. The van der Waals surface area contributed by atoms with Gasteiger partial charge in [-0.3, -0.25) is 9.89 Å². The van der Waals surface area contributed by atoms with Crippen molar-refractivity contribution < 1.29 is 9.84 Å². The lowest BCUT2D eigenvalue weighted by atomic mass is 10.1. The Balaban J connectivity index is 0.00000288. The molecule has 24 heavy (non-hydrogen) atoms. The van der Waals surface area contributed by atoms with E-state index in [9.17, 15) is 5.11 Å². The summed E-state index contributed by atoms with van der Waals surface area (Å²) in [5, 5.41) is 17.2. The quantitative estimate of drug-likeness (QED) is 0.213. The number of hydrogen-bond donors (Lipinski definition) is 3. The van der Waals surface area contributed by atoms with Crippen LogP contribution in [0, 0.1) is 5.92 Å². The number of morpholine rings is 1. The van der Waals surface area contributed by atoms with Crippen molar-refractivity contribution in [3.8, 4) is 0 Å². The molecule has 1 atom stereocenters. The molecule has 1 saturated heterocycles. The van der Waals surface area contributed by atoms with Crippen molar-refractivity contribution >= 4 is 29.9 Å². The normalized spacial score (nSPS) is 21.7. The Morgan fingerprint density at radius 3 is 2.62 bits per heavy atom. The van der Waals surface area contributed by atoms with Crippen LogP contribution in [0.3, 0.4) is 0 Å². The zero-order valence-corrected chi connectivity index (χ0v) is 17.6. The number of nitrogens with one attached hydrogen (secondary N) is 2. The van der Waals surface area contributed by atoms with Gasteiger partial charge in [-0.2, -0.15) is 0 Å². The maximum atomic E-state index is 10.6. The first kappa shape index (κ1) is 21.9. The second kappa shape index (κ2) is 11.5. The second-order valence-corrected chi connectivity index (χ2v) is 7.09. The van der Waals surface area contributed by atoms with E-state index in [2.05, 4.69) is 27.4 Å². The first-order valence-electron chi connectivity index (χ1n) is 9.14. The van der Waals surface area contributed by atoms with Crippen LogP contribution < -0.4 is 10.6 Å². The fourth-order valence-electron chi connectivity index (χ4n) is 2.89. The monoisotopic (exact) mass is 454 g/mol. The maximum absolute atomic E-state index is 10.6. The molecular formula is C17H35IN4O2. The summed E-state index contributed by atoms with van der Waals surface area (Å²) in [6.45, 7) is 10.0. The minimum absolute atomic E-state index is 0. The van der Waals surface area contributed by atoms with Crippen LogP contribution in [0.5, 0.6) is 0 Å². The average molecular weight is 454 g/mol. The second-order valence-electron chi connectivity index (χ2n) is 7.09. The molecule has 2 rings (SSSR count). The Hall–Kier alpha value is -0.120. The summed E-state index contributed by atoms with van der Waals surface area (Å²) in [6, 6.07) is 0. The zero-order valence-electron chi connectivity index (χ0n) is 15.2. The lowest BCUT2D eigenvalue weighted by molar-refractivity contribution is -0.0179. The molecule has 1 saturated carbocycles. The number of hydrogen-bond acceptors (Lipinski definition) is 4. The van der Waals surface area contributed by atoms with Gasteiger partial charge in [0.2, 0.25) is 0 Å². The molecule has 0 spiro atoms. The van der Waals surface area contributed by atoms with E-state index in [1.165, 1.54) is 25.7 Å². The lowest BCUT2D eigenvalue weighted by Crippen LogP contribution is -2.48. The van der Waals surface area contributed by atoms with E-state index in [4.69, 9.17) is 4.74 Å². The molecule has 1 unspecified atom stereocenters. The molecule has 0 aromatic carbocycles. The van der Waals surface area contributed by atoms with Crippen LogP contribution in [0.4, 0.5) is 0 Å². The van der Waals surface area contributed by atoms with Gasteiger partial charge in [-0.15, -0.1) is 24.0 Å². The van der Waals surface area contributed by atoms with Crippen molar-refractivity contribution in [2.45, 2.75) is 45.1 Å². The lowest BCUT2D eigenvalue weighted by Gasteiger charge is -2.33. The van der Waals surface area contributed by atoms with Crippen LogP contribution >= 0.6 is 24.0 Å². The summed E-state index contributed by atoms with van der Waals surface area (Å²) >= 11 is 0. The molecule has 0 bridgehead atoms. The third-order valence-corrected chi connectivity index (χ3v) is 4.37. The van der Waals surface area contributed by atoms with Crippen LogP contribution in [0.1, 0.15) is 39.5 Å². The van der Waals surface area contributed by atoms with E-state index in [0.29, 0.717) is 13.1 Å². The van der Waals surface area contributed by atoms with Crippen molar-refractivity contribution in [2.24, 2.45) is 10.9 Å². The maximum Gasteiger partial charge on any atom is 0.191 e. The molecule has 3 N–H and O–H groups in total. The van der Waals surface area contributed by atoms with E-state index in [1.807, 2.05) is 6.92 Å². The van der Waals surface area contributed by atoms with Gasteiger partial charge in [-0.25, -0.2) is 0 Å². The topological polar surface area (TPSA) is 69.1 Å². The molecule has 6 nitrogen and oxygen atoms in total. The van der Waals surface area contributed by atoms with Crippen molar-refractivity contribution in [3.63, 3.8) is 0 Å². The SMILES string of the molecule is CCNC(=NCC(C)(O)CN1CCOCC1)NCCCC1CC1.I.